The highest BCUT2D eigenvalue weighted by Crippen LogP contribution is 2.54. The van der Waals surface area contributed by atoms with Crippen molar-refractivity contribution in [1.29, 1.82) is 5.26 Å². The van der Waals surface area contributed by atoms with Crippen LogP contribution in [-0.2, 0) is 33.4 Å². The van der Waals surface area contributed by atoms with Gasteiger partial charge in [0, 0.05) is 30.5 Å². The van der Waals surface area contributed by atoms with E-state index in [1.54, 1.807) is 6.07 Å². The van der Waals surface area contributed by atoms with Crippen molar-refractivity contribution < 1.29 is 51.0 Å². The van der Waals surface area contributed by atoms with E-state index in [-0.39, 0.29) is 81.4 Å². The summed E-state index contributed by atoms with van der Waals surface area (Å²) in [6.07, 6.45) is 6.77. The summed E-state index contributed by atoms with van der Waals surface area (Å²) in [6, 6.07) is 0.669. The number of likely N-dealkylation sites (tertiary alicyclic amines) is 2. The van der Waals surface area contributed by atoms with Crippen LogP contribution in [0.25, 0.3) is 0 Å². The third kappa shape index (κ3) is 8.15. The van der Waals surface area contributed by atoms with Gasteiger partial charge in [-0.15, -0.1) is 0 Å². The molecule has 2 amide bonds. The molecule has 51 heavy (non-hydrogen) atoms. The summed E-state index contributed by atoms with van der Waals surface area (Å²) in [5.41, 5.74) is -1.78. The smallest absolute Gasteiger partial charge is 0.312 e. The molecule has 6 aliphatic carbocycles. The second kappa shape index (κ2) is 14.4. The zero-order valence-corrected chi connectivity index (χ0v) is 29.1. The fourth-order valence-electron chi connectivity index (χ4n) is 9.19. The van der Waals surface area contributed by atoms with Crippen LogP contribution in [0.5, 0.6) is 0 Å². The summed E-state index contributed by atoms with van der Waals surface area (Å²) in [6.45, 7) is -0.866. The summed E-state index contributed by atoms with van der Waals surface area (Å²) in [5.74, 6) is -7.25. The van der Waals surface area contributed by atoms with Crippen molar-refractivity contribution in [3.8, 4) is 6.07 Å². The lowest BCUT2D eigenvalue weighted by Crippen LogP contribution is -2.59. The predicted molar refractivity (Wildman–Crippen MR) is 171 cm³/mol. The lowest BCUT2D eigenvalue weighted by Gasteiger charge is -2.52. The van der Waals surface area contributed by atoms with Crippen LogP contribution in [0.2, 0.25) is 0 Å². The lowest BCUT2D eigenvalue weighted by molar-refractivity contribution is -0.167. The summed E-state index contributed by atoms with van der Waals surface area (Å²) >= 11 is 0. The number of nitriles is 1. The zero-order chi connectivity index (χ0) is 36.5. The molecule has 2 aliphatic heterocycles. The molecule has 0 spiro atoms. The highest BCUT2D eigenvalue weighted by molar-refractivity contribution is 5.80. The van der Waals surface area contributed by atoms with Crippen molar-refractivity contribution in [2.75, 3.05) is 59.2 Å². The fraction of sp³-hybridized carbons (Fsp3) is 0.857. The van der Waals surface area contributed by atoms with Crippen molar-refractivity contribution in [3.05, 3.63) is 0 Å². The largest absolute Gasteiger partial charge is 0.463 e. The maximum Gasteiger partial charge on any atom is 0.312 e. The van der Waals surface area contributed by atoms with E-state index in [0.29, 0.717) is 77.0 Å². The van der Waals surface area contributed by atoms with Gasteiger partial charge in [0.2, 0.25) is 11.8 Å². The number of hydrogen-bond acceptors (Lipinski definition) is 10. The first-order chi connectivity index (χ1) is 24.1. The molecular formula is C35H49F4N5O7. The Morgan fingerprint density at radius 1 is 0.647 bits per heavy atom. The normalized spacial score (nSPS) is 34.7. The van der Waals surface area contributed by atoms with Crippen molar-refractivity contribution in [1.82, 2.24) is 20.4 Å². The van der Waals surface area contributed by atoms with E-state index in [2.05, 4.69) is 10.6 Å². The molecule has 4 bridgehead atoms. The van der Waals surface area contributed by atoms with Crippen molar-refractivity contribution in [3.63, 3.8) is 0 Å². The quantitative estimate of drug-likeness (QED) is 0.155. The Balaban J connectivity index is 0.826. The van der Waals surface area contributed by atoms with Crippen LogP contribution in [-0.4, -0.2) is 122 Å². The van der Waals surface area contributed by atoms with E-state index in [1.165, 1.54) is 4.90 Å². The SMILES string of the molecule is N#CC1CC(F)(F)CN1C(=O)CNC12CCC(C(=O)OCCOCCOC(=O)C34CCC(NCC(=O)N5CCC(F)(F)C5)(CC3)CC4)(CC1)CC2. The van der Waals surface area contributed by atoms with Gasteiger partial charge in [-0.3, -0.25) is 19.2 Å². The number of ether oxygens (including phenoxy) is 3. The van der Waals surface area contributed by atoms with Gasteiger partial charge in [-0.05, 0) is 77.0 Å². The maximum atomic E-state index is 13.8. The van der Waals surface area contributed by atoms with Crippen molar-refractivity contribution in [2.45, 2.75) is 119 Å². The molecule has 0 aromatic rings. The average Bonchev–Trinajstić information content (AvgIpc) is 3.67. The number of rotatable bonds is 14. The van der Waals surface area contributed by atoms with Gasteiger partial charge >= 0.3 is 11.9 Å². The molecule has 8 fully saturated rings. The van der Waals surface area contributed by atoms with Crippen LogP contribution >= 0.6 is 0 Å². The number of halogens is 4. The van der Waals surface area contributed by atoms with E-state index in [0.717, 1.165) is 4.90 Å². The number of esters is 2. The molecule has 2 N–H and O–H groups in total. The van der Waals surface area contributed by atoms with Gasteiger partial charge in [-0.1, -0.05) is 0 Å². The summed E-state index contributed by atoms with van der Waals surface area (Å²) in [5, 5.41) is 15.8. The molecule has 284 valence electrons. The Hall–Kier alpha value is -3.03. The van der Waals surface area contributed by atoms with E-state index in [4.69, 9.17) is 14.2 Å². The average molecular weight is 728 g/mol. The number of nitrogens with one attached hydrogen (secondary N) is 2. The molecule has 8 rings (SSSR count). The highest BCUT2D eigenvalue weighted by atomic mass is 19.3. The Morgan fingerprint density at radius 2 is 1.12 bits per heavy atom. The van der Waals surface area contributed by atoms with Gasteiger partial charge in [-0.25, -0.2) is 17.6 Å². The molecule has 2 saturated heterocycles. The lowest BCUT2D eigenvalue weighted by atomic mass is 9.57. The molecule has 1 unspecified atom stereocenters. The summed E-state index contributed by atoms with van der Waals surface area (Å²) in [4.78, 5) is 53.4. The van der Waals surface area contributed by atoms with Crippen LogP contribution in [0, 0.1) is 22.2 Å². The first-order valence-corrected chi connectivity index (χ1v) is 18.3. The second-order valence-electron chi connectivity index (χ2n) is 15.9. The van der Waals surface area contributed by atoms with Crippen LogP contribution in [0.4, 0.5) is 17.6 Å². The first-order valence-electron chi connectivity index (χ1n) is 18.3. The molecular weight excluding hydrogens is 678 g/mol. The number of fused-ring (bicyclic) bond motifs is 6. The van der Waals surface area contributed by atoms with E-state index < -0.39 is 54.1 Å². The number of nitrogens with zero attached hydrogens (tertiary/aromatic N) is 3. The minimum Gasteiger partial charge on any atom is -0.463 e. The maximum absolute atomic E-state index is 13.8. The Morgan fingerprint density at radius 3 is 1.55 bits per heavy atom. The van der Waals surface area contributed by atoms with Gasteiger partial charge in [0.25, 0.3) is 11.8 Å². The van der Waals surface area contributed by atoms with Crippen LogP contribution < -0.4 is 10.6 Å². The monoisotopic (exact) mass is 727 g/mol. The number of carbonyl (C=O) groups is 4. The molecule has 0 aromatic carbocycles. The summed E-state index contributed by atoms with van der Waals surface area (Å²) in [7, 11) is 0. The Labute approximate surface area is 295 Å². The zero-order valence-electron chi connectivity index (χ0n) is 29.1. The molecule has 1 atom stereocenters. The number of alkyl halides is 4. The molecule has 2 heterocycles. The standard InChI is InChI=1S/C35H49F4N5O7/c36-34(37)13-14-43(23-34)26(45)21-41-32-7-1-30(2-8-32,3-9-32)28(47)50-17-15-49-16-18-51-29(48)31-4-10-33(11-5-31,12-6-31)42-22-27(46)44-24-35(38,39)19-25(44)20-40/h25,41-42H,1-19,21-24H2. The highest BCUT2D eigenvalue weighted by Gasteiger charge is 2.55. The minimum absolute atomic E-state index is 0.0164. The predicted octanol–water partition coefficient (Wildman–Crippen LogP) is 3.08. The van der Waals surface area contributed by atoms with E-state index >= 15 is 0 Å². The molecule has 8 aliphatic rings. The Kier molecular flexibility index (Phi) is 10.7. The molecule has 0 radical (unpaired) electrons. The van der Waals surface area contributed by atoms with Gasteiger partial charge < -0.3 is 34.6 Å². The van der Waals surface area contributed by atoms with Crippen LogP contribution in [0.1, 0.15) is 89.9 Å². The number of carbonyl (C=O) groups excluding carboxylic acids is 4. The van der Waals surface area contributed by atoms with Gasteiger partial charge in [-0.2, -0.15) is 5.26 Å². The van der Waals surface area contributed by atoms with Gasteiger partial charge in [0.05, 0.1) is 56.3 Å². The third-order valence-corrected chi connectivity index (χ3v) is 12.8. The van der Waals surface area contributed by atoms with Crippen molar-refractivity contribution >= 4 is 23.8 Å². The molecule has 16 heteroatoms. The Bertz CT molecular complexity index is 1360. The molecule has 0 aromatic heterocycles. The third-order valence-electron chi connectivity index (χ3n) is 12.8. The number of amides is 2. The van der Waals surface area contributed by atoms with E-state index in [9.17, 15) is 42.0 Å². The molecule has 6 saturated carbocycles. The number of hydrogen-bond donors (Lipinski definition) is 2. The minimum atomic E-state index is -3.06. The first kappa shape index (κ1) is 37.7. The topological polar surface area (TPSA) is 150 Å². The van der Waals surface area contributed by atoms with Gasteiger partial charge in [0.1, 0.15) is 19.3 Å². The van der Waals surface area contributed by atoms with Crippen LogP contribution in [0.15, 0.2) is 0 Å². The van der Waals surface area contributed by atoms with Gasteiger partial charge in [0.15, 0.2) is 0 Å². The molecule has 12 nitrogen and oxygen atoms in total. The fourth-order valence-corrected chi connectivity index (χ4v) is 9.19. The van der Waals surface area contributed by atoms with E-state index in [1.807, 2.05) is 0 Å². The van der Waals surface area contributed by atoms with Crippen molar-refractivity contribution in [2.24, 2.45) is 10.8 Å². The second-order valence-corrected chi connectivity index (χ2v) is 15.9. The summed E-state index contributed by atoms with van der Waals surface area (Å²) < 4.78 is 71.2. The van der Waals surface area contributed by atoms with Crippen LogP contribution in [0.3, 0.4) is 0 Å².